The van der Waals surface area contributed by atoms with Gasteiger partial charge in [-0.25, -0.2) is 0 Å². The highest BCUT2D eigenvalue weighted by atomic mass is 16.1. The smallest absolute Gasteiger partial charge is 0.266 e. The van der Waals surface area contributed by atoms with Crippen molar-refractivity contribution in [2.75, 3.05) is 0 Å². The van der Waals surface area contributed by atoms with Crippen molar-refractivity contribution in [3.05, 3.63) is 27.9 Å². The summed E-state index contributed by atoms with van der Waals surface area (Å²) in [6, 6.07) is 0. The standard InChI is InChI=1S/C8H10N2O.C2H6/c11-8-5-9-6-3-1-2-4-7(6)10-8;1-2/h5H,1-4H2,(H,10,11);1-2H3. The molecule has 0 spiro atoms. The third-order valence-corrected chi connectivity index (χ3v) is 2.05. The topological polar surface area (TPSA) is 45.8 Å². The maximum Gasteiger partial charge on any atom is 0.266 e. The first kappa shape index (κ1) is 9.96. The molecule has 0 amide bonds. The number of hydrogen-bond donors (Lipinski definition) is 1. The second kappa shape index (κ2) is 4.80. The van der Waals surface area contributed by atoms with Gasteiger partial charge in [-0.05, 0) is 25.7 Å². The first-order valence-corrected chi connectivity index (χ1v) is 4.93. The molecule has 1 aliphatic carbocycles. The number of aromatic nitrogens is 2. The molecule has 3 heteroatoms. The van der Waals surface area contributed by atoms with Crippen LogP contribution in [-0.4, -0.2) is 9.97 Å². The Morgan fingerprint density at radius 2 is 2.00 bits per heavy atom. The summed E-state index contributed by atoms with van der Waals surface area (Å²) in [6.45, 7) is 4.00. The minimum Gasteiger partial charge on any atom is -0.323 e. The van der Waals surface area contributed by atoms with Gasteiger partial charge in [0.25, 0.3) is 5.56 Å². The Morgan fingerprint density at radius 3 is 2.77 bits per heavy atom. The van der Waals surface area contributed by atoms with Gasteiger partial charge >= 0.3 is 0 Å². The largest absolute Gasteiger partial charge is 0.323 e. The Bertz CT molecular complexity index is 317. The number of aryl methyl sites for hydroxylation is 2. The summed E-state index contributed by atoms with van der Waals surface area (Å²) in [5.74, 6) is 0. The molecule has 2 rings (SSSR count). The van der Waals surface area contributed by atoms with Crippen LogP contribution in [-0.2, 0) is 12.8 Å². The maximum atomic E-state index is 10.8. The molecular weight excluding hydrogens is 164 g/mol. The second-order valence-corrected chi connectivity index (χ2v) is 2.88. The van der Waals surface area contributed by atoms with E-state index in [9.17, 15) is 4.79 Å². The SMILES string of the molecule is CC.O=c1cnc2c([nH]1)CCCC2. The molecular formula is C10H16N2O. The molecule has 0 aliphatic heterocycles. The van der Waals surface area contributed by atoms with Crippen molar-refractivity contribution >= 4 is 0 Å². The first-order valence-electron chi connectivity index (χ1n) is 4.93. The molecule has 1 aromatic rings. The second-order valence-electron chi connectivity index (χ2n) is 2.88. The van der Waals surface area contributed by atoms with Crippen molar-refractivity contribution in [2.24, 2.45) is 0 Å². The molecule has 72 valence electrons. The molecule has 1 N–H and O–H groups in total. The fraction of sp³-hybridized carbons (Fsp3) is 0.600. The molecule has 1 aromatic heterocycles. The molecule has 1 aliphatic rings. The minimum atomic E-state index is -0.0781. The molecule has 1 heterocycles. The summed E-state index contributed by atoms with van der Waals surface area (Å²) < 4.78 is 0. The van der Waals surface area contributed by atoms with E-state index < -0.39 is 0 Å². The van der Waals surface area contributed by atoms with Crippen molar-refractivity contribution < 1.29 is 0 Å². The lowest BCUT2D eigenvalue weighted by molar-refractivity contribution is 0.645. The Kier molecular flexibility index (Phi) is 3.68. The molecule has 0 unspecified atom stereocenters. The molecule has 0 atom stereocenters. The van der Waals surface area contributed by atoms with E-state index in [0.29, 0.717) is 0 Å². The van der Waals surface area contributed by atoms with E-state index in [1.165, 1.54) is 19.0 Å². The van der Waals surface area contributed by atoms with Gasteiger partial charge in [-0.3, -0.25) is 9.78 Å². The lowest BCUT2D eigenvalue weighted by Crippen LogP contribution is -2.15. The van der Waals surface area contributed by atoms with Crippen molar-refractivity contribution in [1.82, 2.24) is 9.97 Å². The molecule has 0 fully saturated rings. The average Bonchev–Trinajstić information content (AvgIpc) is 2.21. The maximum absolute atomic E-state index is 10.8. The van der Waals surface area contributed by atoms with Gasteiger partial charge in [0.2, 0.25) is 0 Å². The van der Waals surface area contributed by atoms with Crippen LogP contribution in [0.4, 0.5) is 0 Å². The monoisotopic (exact) mass is 180 g/mol. The number of hydrogen-bond acceptors (Lipinski definition) is 2. The number of fused-ring (bicyclic) bond motifs is 1. The van der Waals surface area contributed by atoms with Crippen LogP contribution in [0.2, 0.25) is 0 Å². The molecule has 0 bridgehead atoms. The number of H-pyrrole nitrogens is 1. The number of rotatable bonds is 0. The number of nitrogens with zero attached hydrogens (tertiary/aromatic N) is 1. The van der Waals surface area contributed by atoms with Gasteiger partial charge in [-0.15, -0.1) is 0 Å². The van der Waals surface area contributed by atoms with Crippen LogP contribution in [0.15, 0.2) is 11.0 Å². The van der Waals surface area contributed by atoms with E-state index in [2.05, 4.69) is 9.97 Å². The molecule has 0 radical (unpaired) electrons. The summed E-state index contributed by atoms with van der Waals surface area (Å²) in [4.78, 5) is 17.7. The van der Waals surface area contributed by atoms with Crippen molar-refractivity contribution in [2.45, 2.75) is 39.5 Å². The highest BCUT2D eigenvalue weighted by Gasteiger charge is 2.09. The third kappa shape index (κ3) is 2.41. The zero-order valence-corrected chi connectivity index (χ0v) is 8.26. The summed E-state index contributed by atoms with van der Waals surface area (Å²) in [7, 11) is 0. The average molecular weight is 180 g/mol. The highest BCUT2D eigenvalue weighted by Crippen LogP contribution is 2.14. The zero-order chi connectivity index (χ0) is 9.68. The quantitative estimate of drug-likeness (QED) is 0.660. The van der Waals surface area contributed by atoms with E-state index in [-0.39, 0.29) is 5.56 Å². The Hall–Kier alpha value is -1.12. The predicted molar refractivity (Wildman–Crippen MR) is 52.8 cm³/mol. The van der Waals surface area contributed by atoms with Crippen molar-refractivity contribution in [3.63, 3.8) is 0 Å². The summed E-state index contributed by atoms with van der Waals surface area (Å²) >= 11 is 0. The lowest BCUT2D eigenvalue weighted by Gasteiger charge is -2.12. The van der Waals surface area contributed by atoms with E-state index in [4.69, 9.17) is 0 Å². The first-order chi connectivity index (χ1) is 6.36. The summed E-state index contributed by atoms with van der Waals surface area (Å²) in [5, 5.41) is 0. The lowest BCUT2D eigenvalue weighted by atomic mass is 10.0. The van der Waals surface area contributed by atoms with E-state index >= 15 is 0 Å². The minimum absolute atomic E-state index is 0.0781. The number of aromatic amines is 1. The van der Waals surface area contributed by atoms with Crippen molar-refractivity contribution in [1.29, 1.82) is 0 Å². The van der Waals surface area contributed by atoms with Gasteiger partial charge in [-0.1, -0.05) is 13.8 Å². The van der Waals surface area contributed by atoms with Gasteiger partial charge in [0.1, 0.15) is 0 Å². The normalized spacial score (nSPS) is 14.0. The van der Waals surface area contributed by atoms with Crippen LogP contribution in [0.25, 0.3) is 0 Å². The summed E-state index contributed by atoms with van der Waals surface area (Å²) in [5.41, 5.74) is 2.05. The Balaban J connectivity index is 0.000000396. The van der Waals surface area contributed by atoms with Crippen LogP contribution in [0, 0.1) is 0 Å². The van der Waals surface area contributed by atoms with Gasteiger partial charge in [-0.2, -0.15) is 0 Å². The Labute approximate surface area is 78.2 Å². The van der Waals surface area contributed by atoms with Crippen molar-refractivity contribution in [3.8, 4) is 0 Å². The molecule has 0 saturated heterocycles. The molecule has 0 saturated carbocycles. The predicted octanol–water partition coefficient (Wildman–Crippen LogP) is 1.67. The molecule has 3 nitrogen and oxygen atoms in total. The zero-order valence-electron chi connectivity index (χ0n) is 8.26. The van der Waals surface area contributed by atoms with Gasteiger partial charge in [0.15, 0.2) is 0 Å². The van der Waals surface area contributed by atoms with Crippen LogP contribution in [0.3, 0.4) is 0 Å². The van der Waals surface area contributed by atoms with Crippen LogP contribution >= 0.6 is 0 Å². The van der Waals surface area contributed by atoms with Gasteiger partial charge < -0.3 is 4.98 Å². The van der Waals surface area contributed by atoms with E-state index in [1.54, 1.807) is 0 Å². The summed E-state index contributed by atoms with van der Waals surface area (Å²) in [6.07, 6.45) is 5.75. The van der Waals surface area contributed by atoms with Crippen LogP contribution in [0.5, 0.6) is 0 Å². The van der Waals surface area contributed by atoms with E-state index in [0.717, 1.165) is 24.2 Å². The van der Waals surface area contributed by atoms with Gasteiger partial charge in [0, 0.05) is 5.69 Å². The Morgan fingerprint density at radius 1 is 1.31 bits per heavy atom. The number of nitrogens with one attached hydrogen (secondary N) is 1. The molecule has 0 aromatic carbocycles. The van der Waals surface area contributed by atoms with Crippen LogP contribution in [0.1, 0.15) is 38.1 Å². The van der Waals surface area contributed by atoms with Gasteiger partial charge in [0.05, 0.1) is 11.9 Å². The molecule has 13 heavy (non-hydrogen) atoms. The van der Waals surface area contributed by atoms with Crippen LogP contribution < -0.4 is 5.56 Å². The fourth-order valence-electron chi connectivity index (χ4n) is 1.48. The van der Waals surface area contributed by atoms with E-state index in [1.807, 2.05) is 13.8 Å². The fourth-order valence-corrected chi connectivity index (χ4v) is 1.48. The highest BCUT2D eigenvalue weighted by molar-refractivity contribution is 5.13. The third-order valence-electron chi connectivity index (χ3n) is 2.05.